The lowest BCUT2D eigenvalue weighted by atomic mass is 10.1. The molecular formula is C15H9Cl3O3. The second-order valence-corrected chi connectivity index (χ2v) is 5.39. The van der Waals surface area contributed by atoms with Gasteiger partial charge in [-0.05, 0) is 36.4 Å². The predicted molar refractivity (Wildman–Crippen MR) is 83.1 cm³/mol. The van der Waals surface area contributed by atoms with Gasteiger partial charge >= 0.3 is 0 Å². The van der Waals surface area contributed by atoms with Crippen molar-refractivity contribution in [1.29, 1.82) is 0 Å². The highest BCUT2D eigenvalue weighted by molar-refractivity contribution is 6.37. The Bertz CT molecular complexity index is 699. The first-order chi connectivity index (χ1) is 10.0. The zero-order valence-electron chi connectivity index (χ0n) is 10.6. The predicted octanol–water partition coefficient (Wildman–Crippen LogP) is 4.72. The van der Waals surface area contributed by atoms with Gasteiger partial charge in [-0.3, -0.25) is 9.59 Å². The first-order valence-corrected chi connectivity index (χ1v) is 7.00. The highest BCUT2D eigenvalue weighted by Crippen LogP contribution is 2.26. The number of carbonyl (C=O) groups is 2. The van der Waals surface area contributed by atoms with Crippen molar-refractivity contribution in [1.82, 2.24) is 0 Å². The van der Waals surface area contributed by atoms with Gasteiger partial charge in [0, 0.05) is 16.1 Å². The summed E-state index contributed by atoms with van der Waals surface area (Å²) < 4.78 is 5.35. The minimum absolute atomic E-state index is 0.221. The van der Waals surface area contributed by atoms with Crippen molar-refractivity contribution in [2.75, 3.05) is 6.61 Å². The van der Waals surface area contributed by atoms with Crippen molar-refractivity contribution < 1.29 is 14.3 Å². The molecule has 0 radical (unpaired) electrons. The van der Waals surface area contributed by atoms with Gasteiger partial charge < -0.3 is 4.74 Å². The molecule has 0 bridgehead atoms. The van der Waals surface area contributed by atoms with Crippen molar-refractivity contribution in [3.8, 4) is 5.75 Å². The third-order valence-electron chi connectivity index (χ3n) is 2.68. The smallest absolute Gasteiger partial charge is 0.201 e. The van der Waals surface area contributed by atoms with Gasteiger partial charge in [0.15, 0.2) is 6.61 Å². The van der Waals surface area contributed by atoms with Crippen LogP contribution in [-0.2, 0) is 0 Å². The van der Waals surface area contributed by atoms with E-state index in [0.717, 1.165) is 0 Å². The van der Waals surface area contributed by atoms with E-state index in [1.165, 1.54) is 24.3 Å². The minimum atomic E-state index is -0.299. The van der Waals surface area contributed by atoms with E-state index in [2.05, 4.69) is 0 Å². The Hall–Kier alpha value is -1.55. The molecule has 0 amide bonds. The third-order valence-corrected chi connectivity index (χ3v) is 3.53. The molecule has 0 N–H and O–H groups in total. The normalized spacial score (nSPS) is 10.2. The van der Waals surface area contributed by atoms with Gasteiger partial charge in [0.05, 0.1) is 10.0 Å². The summed E-state index contributed by atoms with van der Waals surface area (Å²) in [7, 11) is 0. The number of hydrogen-bond acceptors (Lipinski definition) is 3. The number of aldehydes is 1. The molecule has 0 spiro atoms. The van der Waals surface area contributed by atoms with Crippen LogP contribution in [0.4, 0.5) is 0 Å². The van der Waals surface area contributed by atoms with Crippen LogP contribution in [0.1, 0.15) is 20.7 Å². The molecular weight excluding hydrogens is 335 g/mol. The molecule has 0 aliphatic rings. The van der Waals surface area contributed by atoms with Gasteiger partial charge in [-0.15, -0.1) is 0 Å². The van der Waals surface area contributed by atoms with Crippen molar-refractivity contribution in [3.05, 3.63) is 62.6 Å². The number of carbonyl (C=O) groups excluding carboxylic acids is 2. The average molecular weight is 344 g/mol. The van der Waals surface area contributed by atoms with E-state index in [4.69, 9.17) is 39.5 Å². The number of halogens is 3. The molecule has 0 saturated heterocycles. The number of ketones is 1. The molecule has 2 aromatic carbocycles. The first-order valence-electron chi connectivity index (χ1n) is 5.87. The number of rotatable bonds is 5. The third kappa shape index (κ3) is 3.97. The molecule has 2 aromatic rings. The maximum absolute atomic E-state index is 12.0. The molecule has 21 heavy (non-hydrogen) atoms. The number of benzene rings is 2. The lowest BCUT2D eigenvalue weighted by Crippen LogP contribution is -2.12. The SMILES string of the molecule is O=Cc1ccc(OCC(=O)c2ccc(Cl)cc2Cl)c(Cl)c1. The molecule has 0 aliphatic heterocycles. The molecule has 0 unspecified atom stereocenters. The van der Waals surface area contributed by atoms with E-state index < -0.39 is 0 Å². The van der Waals surface area contributed by atoms with Gasteiger partial charge in [0.2, 0.25) is 5.78 Å². The zero-order chi connectivity index (χ0) is 15.4. The molecule has 6 heteroatoms. The van der Waals surface area contributed by atoms with Gasteiger partial charge in [0.25, 0.3) is 0 Å². The molecule has 0 heterocycles. The summed E-state index contributed by atoms with van der Waals surface area (Å²) in [5.41, 5.74) is 0.751. The van der Waals surface area contributed by atoms with Crippen LogP contribution >= 0.6 is 34.8 Å². The van der Waals surface area contributed by atoms with Crippen LogP contribution in [0.15, 0.2) is 36.4 Å². The fourth-order valence-electron chi connectivity index (χ4n) is 1.64. The Balaban J connectivity index is 2.09. The fourth-order valence-corrected chi connectivity index (χ4v) is 2.40. The monoisotopic (exact) mass is 342 g/mol. The molecule has 0 atom stereocenters. The Morgan fingerprint density at radius 1 is 1.05 bits per heavy atom. The summed E-state index contributed by atoms with van der Waals surface area (Å²) in [6.07, 6.45) is 0.675. The van der Waals surface area contributed by atoms with Crippen LogP contribution in [0.25, 0.3) is 0 Å². The van der Waals surface area contributed by atoms with Crippen LogP contribution in [0.5, 0.6) is 5.75 Å². The largest absolute Gasteiger partial charge is 0.484 e. The Kier molecular flexibility index (Phi) is 5.23. The molecule has 0 fully saturated rings. The second kappa shape index (κ2) is 6.94. The first kappa shape index (κ1) is 15.8. The summed E-state index contributed by atoms with van der Waals surface area (Å²) >= 11 is 17.7. The molecule has 0 aliphatic carbocycles. The van der Waals surface area contributed by atoms with Crippen LogP contribution < -0.4 is 4.74 Å². The Morgan fingerprint density at radius 2 is 1.81 bits per heavy atom. The molecule has 2 rings (SSSR count). The average Bonchev–Trinajstić information content (AvgIpc) is 2.45. The van der Waals surface area contributed by atoms with Gasteiger partial charge in [0.1, 0.15) is 12.0 Å². The second-order valence-electron chi connectivity index (χ2n) is 4.14. The van der Waals surface area contributed by atoms with Crippen molar-refractivity contribution in [3.63, 3.8) is 0 Å². The Morgan fingerprint density at radius 3 is 2.43 bits per heavy atom. The van der Waals surface area contributed by atoms with Gasteiger partial charge in [-0.25, -0.2) is 0 Å². The number of hydrogen-bond donors (Lipinski definition) is 0. The van der Waals surface area contributed by atoms with E-state index in [9.17, 15) is 9.59 Å². The summed E-state index contributed by atoms with van der Waals surface area (Å²) in [5, 5.41) is 0.970. The number of Topliss-reactive ketones (excluding diaryl/α,β-unsaturated/α-hetero) is 1. The molecule has 3 nitrogen and oxygen atoms in total. The maximum atomic E-state index is 12.0. The summed E-state index contributed by atoms with van der Waals surface area (Å²) in [5.74, 6) is 0.0212. The van der Waals surface area contributed by atoms with Crippen molar-refractivity contribution in [2.24, 2.45) is 0 Å². The molecule has 108 valence electrons. The fraction of sp³-hybridized carbons (Fsp3) is 0.0667. The van der Waals surface area contributed by atoms with Crippen LogP contribution in [-0.4, -0.2) is 18.7 Å². The standard InChI is InChI=1S/C15H9Cl3O3/c16-10-2-3-11(12(17)6-10)14(20)8-21-15-4-1-9(7-19)5-13(15)18/h1-7H,8H2. The zero-order valence-corrected chi connectivity index (χ0v) is 12.9. The summed E-state index contributed by atoms with van der Waals surface area (Å²) in [4.78, 5) is 22.6. The highest BCUT2D eigenvalue weighted by atomic mass is 35.5. The summed E-state index contributed by atoms with van der Waals surface area (Å²) in [6, 6.07) is 9.14. The van der Waals surface area contributed by atoms with Crippen LogP contribution in [0, 0.1) is 0 Å². The maximum Gasteiger partial charge on any atom is 0.201 e. The van der Waals surface area contributed by atoms with E-state index >= 15 is 0 Å². The number of ether oxygens (including phenoxy) is 1. The van der Waals surface area contributed by atoms with E-state index in [1.54, 1.807) is 12.1 Å². The quantitative estimate of drug-likeness (QED) is 0.583. The van der Waals surface area contributed by atoms with Gasteiger partial charge in [-0.2, -0.15) is 0 Å². The minimum Gasteiger partial charge on any atom is -0.484 e. The van der Waals surface area contributed by atoms with E-state index in [-0.39, 0.29) is 22.4 Å². The van der Waals surface area contributed by atoms with E-state index in [0.29, 0.717) is 28.2 Å². The lowest BCUT2D eigenvalue weighted by molar-refractivity contribution is 0.0921. The van der Waals surface area contributed by atoms with Crippen LogP contribution in [0.2, 0.25) is 15.1 Å². The van der Waals surface area contributed by atoms with Crippen molar-refractivity contribution in [2.45, 2.75) is 0 Å². The topological polar surface area (TPSA) is 43.4 Å². The highest BCUT2D eigenvalue weighted by Gasteiger charge is 2.12. The molecule has 0 saturated carbocycles. The Labute approximate surface area is 136 Å². The lowest BCUT2D eigenvalue weighted by Gasteiger charge is -2.08. The van der Waals surface area contributed by atoms with Crippen molar-refractivity contribution >= 4 is 46.9 Å². The van der Waals surface area contributed by atoms with Crippen LogP contribution in [0.3, 0.4) is 0 Å². The van der Waals surface area contributed by atoms with E-state index in [1.807, 2.05) is 0 Å². The van der Waals surface area contributed by atoms with Gasteiger partial charge in [-0.1, -0.05) is 34.8 Å². The summed E-state index contributed by atoms with van der Waals surface area (Å²) in [6.45, 7) is -0.221. The molecule has 0 aromatic heterocycles.